The van der Waals surface area contributed by atoms with E-state index < -0.39 is 0 Å². The van der Waals surface area contributed by atoms with Gasteiger partial charge in [-0.2, -0.15) is 0 Å². The van der Waals surface area contributed by atoms with Gasteiger partial charge in [-0.1, -0.05) is 0 Å². The Bertz CT molecular complexity index is 127. The molecule has 1 aliphatic heterocycles. The molecule has 0 unspecified atom stereocenters. The van der Waals surface area contributed by atoms with Crippen molar-refractivity contribution in [3.8, 4) is 0 Å². The number of likely N-dealkylation sites (tertiary alicyclic amines) is 1. The van der Waals surface area contributed by atoms with E-state index in [1.54, 1.807) is 0 Å². The van der Waals surface area contributed by atoms with Crippen LogP contribution in [0.3, 0.4) is 0 Å². The average Bonchev–Trinajstić information content (AvgIpc) is 2.31. The zero-order chi connectivity index (χ0) is 8.43. The molecule has 1 saturated heterocycles. The van der Waals surface area contributed by atoms with Crippen LogP contribution in [-0.2, 0) is 0 Å². The highest BCUT2D eigenvalue weighted by Gasteiger charge is 2.30. The summed E-state index contributed by atoms with van der Waals surface area (Å²) in [6.45, 7) is 6.09. The third-order valence-electron chi connectivity index (χ3n) is 2.42. The van der Waals surface area contributed by atoms with Crippen LogP contribution >= 0.6 is 0 Å². The number of aliphatic hydroxyl groups excluding tert-OH is 1. The quantitative estimate of drug-likeness (QED) is 0.577. The molecule has 0 aromatic heterocycles. The monoisotopic (exact) mass is 158 g/mol. The summed E-state index contributed by atoms with van der Waals surface area (Å²) in [5, 5.41) is 12.6. The van der Waals surface area contributed by atoms with E-state index >= 15 is 0 Å². The van der Waals surface area contributed by atoms with Gasteiger partial charge in [0.1, 0.15) is 0 Å². The molecule has 0 aliphatic carbocycles. The maximum atomic E-state index is 9.50. The number of hydrogen-bond acceptors (Lipinski definition) is 3. The summed E-state index contributed by atoms with van der Waals surface area (Å²) in [5.41, 5.74) is 0. The van der Waals surface area contributed by atoms with E-state index in [9.17, 15) is 5.11 Å². The van der Waals surface area contributed by atoms with Gasteiger partial charge in [0.2, 0.25) is 0 Å². The molecule has 0 spiro atoms. The number of β-amino-alcohol motifs (C(OH)–C–C–N with tert-alkyl or cyclic N) is 1. The zero-order valence-electron chi connectivity index (χ0n) is 7.54. The van der Waals surface area contributed by atoms with Crippen LogP contribution in [0.15, 0.2) is 0 Å². The van der Waals surface area contributed by atoms with Gasteiger partial charge in [-0.15, -0.1) is 0 Å². The molecule has 3 heteroatoms. The Morgan fingerprint density at radius 2 is 2.09 bits per heavy atom. The van der Waals surface area contributed by atoms with Crippen molar-refractivity contribution in [3.63, 3.8) is 0 Å². The molecule has 66 valence electrons. The smallest absolute Gasteiger partial charge is 0.0832 e. The van der Waals surface area contributed by atoms with Crippen LogP contribution in [0.2, 0.25) is 0 Å². The Kier molecular flexibility index (Phi) is 2.87. The lowest BCUT2D eigenvalue weighted by atomic mass is 10.2. The third kappa shape index (κ3) is 1.92. The first-order valence-electron chi connectivity index (χ1n) is 4.24. The second kappa shape index (κ2) is 3.52. The predicted molar refractivity (Wildman–Crippen MR) is 45.6 cm³/mol. The van der Waals surface area contributed by atoms with Crippen molar-refractivity contribution in [1.82, 2.24) is 10.2 Å². The number of aliphatic hydroxyl groups is 1. The molecule has 0 saturated carbocycles. The molecule has 11 heavy (non-hydrogen) atoms. The average molecular weight is 158 g/mol. The molecule has 0 bridgehead atoms. The molecular weight excluding hydrogens is 140 g/mol. The third-order valence-corrected chi connectivity index (χ3v) is 2.42. The second-order valence-corrected chi connectivity index (χ2v) is 3.51. The van der Waals surface area contributed by atoms with Gasteiger partial charge < -0.3 is 10.4 Å². The largest absolute Gasteiger partial charge is 0.390 e. The van der Waals surface area contributed by atoms with E-state index in [1.807, 2.05) is 7.05 Å². The minimum atomic E-state index is -0.192. The molecule has 1 rings (SSSR count). The summed E-state index contributed by atoms with van der Waals surface area (Å²) >= 11 is 0. The van der Waals surface area contributed by atoms with Crippen LogP contribution in [0, 0.1) is 0 Å². The van der Waals surface area contributed by atoms with Crippen LogP contribution in [0.1, 0.15) is 13.8 Å². The lowest BCUT2D eigenvalue weighted by Gasteiger charge is -2.19. The molecule has 2 N–H and O–H groups in total. The van der Waals surface area contributed by atoms with Crippen LogP contribution in [0.4, 0.5) is 0 Å². The molecule has 0 aromatic carbocycles. The Hall–Kier alpha value is -0.120. The van der Waals surface area contributed by atoms with Crippen molar-refractivity contribution in [2.45, 2.75) is 32.0 Å². The van der Waals surface area contributed by atoms with E-state index in [-0.39, 0.29) is 12.1 Å². The maximum absolute atomic E-state index is 9.50. The van der Waals surface area contributed by atoms with Crippen molar-refractivity contribution in [3.05, 3.63) is 0 Å². The van der Waals surface area contributed by atoms with Crippen molar-refractivity contribution >= 4 is 0 Å². The predicted octanol–water partition coefficient (Wildman–Crippen LogP) is -0.341. The van der Waals surface area contributed by atoms with Gasteiger partial charge in [-0.3, -0.25) is 4.90 Å². The first kappa shape index (κ1) is 8.97. The SMILES string of the molecule is CN[C@H]1CN(C(C)C)C[C@H]1O. The van der Waals surface area contributed by atoms with E-state index in [0.29, 0.717) is 6.04 Å². The lowest BCUT2D eigenvalue weighted by Crippen LogP contribution is -2.36. The molecular formula is C8H18N2O. The standard InChI is InChI=1S/C8H18N2O/c1-6(2)10-4-7(9-3)8(11)5-10/h6-9,11H,4-5H2,1-3H3/t7-,8+/m0/s1. The second-order valence-electron chi connectivity index (χ2n) is 3.51. The molecule has 1 heterocycles. The lowest BCUT2D eigenvalue weighted by molar-refractivity contribution is 0.151. The van der Waals surface area contributed by atoms with Gasteiger partial charge in [0.15, 0.2) is 0 Å². The number of nitrogens with zero attached hydrogens (tertiary/aromatic N) is 1. The molecule has 0 aromatic rings. The fourth-order valence-electron chi connectivity index (χ4n) is 1.52. The number of rotatable bonds is 2. The first-order valence-corrected chi connectivity index (χ1v) is 4.24. The summed E-state index contributed by atoms with van der Waals surface area (Å²) in [6.07, 6.45) is -0.192. The highest BCUT2D eigenvalue weighted by Crippen LogP contribution is 2.12. The number of likely N-dealkylation sites (N-methyl/N-ethyl adjacent to an activating group) is 1. The van der Waals surface area contributed by atoms with Crippen molar-refractivity contribution in [2.24, 2.45) is 0 Å². The number of nitrogens with one attached hydrogen (secondary N) is 1. The van der Waals surface area contributed by atoms with E-state index in [1.165, 1.54) is 0 Å². The first-order chi connectivity index (χ1) is 5.15. The Morgan fingerprint density at radius 1 is 1.45 bits per heavy atom. The van der Waals surface area contributed by atoms with Crippen molar-refractivity contribution in [1.29, 1.82) is 0 Å². The van der Waals surface area contributed by atoms with Crippen LogP contribution < -0.4 is 5.32 Å². The van der Waals surface area contributed by atoms with Gasteiger partial charge in [0.25, 0.3) is 0 Å². The highest BCUT2D eigenvalue weighted by molar-refractivity contribution is 4.89. The van der Waals surface area contributed by atoms with Crippen LogP contribution in [0.25, 0.3) is 0 Å². The fraction of sp³-hybridized carbons (Fsp3) is 1.00. The van der Waals surface area contributed by atoms with Gasteiger partial charge >= 0.3 is 0 Å². The zero-order valence-corrected chi connectivity index (χ0v) is 7.54. The van der Waals surface area contributed by atoms with Crippen LogP contribution in [0.5, 0.6) is 0 Å². The Labute approximate surface area is 68.4 Å². The number of hydrogen-bond donors (Lipinski definition) is 2. The molecule has 1 aliphatic rings. The summed E-state index contributed by atoms with van der Waals surface area (Å²) in [7, 11) is 1.90. The Morgan fingerprint density at radius 3 is 2.36 bits per heavy atom. The summed E-state index contributed by atoms with van der Waals surface area (Å²) in [4.78, 5) is 2.28. The molecule has 0 radical (unpaired) electrons. The minimum absolute atomic E-state index is 0.192. The van der Waals surface area contributed by atoms with Gasteiger partial charge in [-0.05, 0) is 20.9 Å². The summed E-state index contributed by atoms with van der Waals surface area (Å²) < 4.78 is 0. The van der Waals surface area contributed by atoms with Crippen LogP contribution in [-0.4, -0.2) is 48.3 Å². The van der Waals surface area contributed by atoms with Gasteiger partial charge in [-0.25, -0.2) is 0 Å². The molecule has 3 nitrogen and oxygen atoms in total. The molecule has 0 amide bonds. The normalized spacial score (nSPS) is 33.5. The molecule has 1 fully saturated rings. The summed E-state index contributed by atoms with van der Waals surface area (Å²) in [5.74, 6) is 0. The highest BCUT2D eigenvalue weighted by atomic mass is 16.3. The van der Waals surface area contributed by atoms with Crippen molar-refractivity contribution < 1.29 is 5.11 Å². The Balaban J connectivity index is 2.43. The summed E-state index contributed by atoms with van der Waals surface area (Å²) in [6, 6.07) is 0.806. The van der Waals surface area contributed by atoms with E-state index in [2.05, 4.69) is 24.1 Å². The van der Waals surface area contributed by atoms with Gasteiger partial charge in [0.05, 0.1) is 6.10 Å². The topological polar surface area (TPSA) is 35.5 Å². The van der Waals surface area contributed by atoms with Crippen molar-refractivity contribution in [2.75, 3.05) is 20.1 Å². The van der Waals surface area contributed by atoms with Gasteiger partial charge in [0, 0.05) is 25.2 Å². The maximum Gasteiger partial charge on any atom is 0.0832 e. The minimum Gasteiger partial charge on any atom is -0.390 e. The molecule has 2 atom stereocenters. The fourth-order valence-corrected chi connectivity index (χ4v) is 1.52. The van der Waals surface area contributed by atoms with E-state index in [0.717, 1.165) is 13.1 Å². The van der Waals surface area contributed by atoms with E-state index in [4.69, 9.17) is 0 Å².